The Morgan fingerprint density at radius 2 is 1.76 bits per heavy atom. The van der Waals surface area contributed by atoms with E-state index in [1.54, 1.807) is 13.8 Å². The SMILES string of the molecule is Cc1nc(S[C@@H](C)C(=O)Nc2ccc3ccccc3c2)c2c(=O)n(C)c(=O)n(CC(C)C)c2n1. The Morgan fingerprint density at radius 3 is 2.47 bits per heavy atom. The molecule has 2 aromatic heterocycles. The van der Waals surface area contributed by atoms with Gasteiger partial charge in [0.1, 0.15) is 16.2 Å². The summed E-state index contributed by atoms with van der Waals surface area (Å²) >= 11 is 1.18. The second-order valence-corrected chi connectivity index (χ2v) is 10.1. The third-order valence-electron chi connectivity index (χ3n) is 5.48. The molecule has 9 heteroatoms. The van der Waals surface area contributed by atoms with E-state index in [0.717, 1.165) is 15.3 Å². The summed E-state index contributed by atoms with van der Waals surface area (Å²) < 4.78 is 2.59. The van der Waals surface area contributed by atoms with Crippen molar-refractivity contribution in [2.45, 2.75) is 44.5 Å². The molecule has 1 amide bonds. The number of aryl methyl sites for hydroxylation is 1. The van der Waals surface area contributed by atoms with Crippen LogP contribution in [0.5, 0.6) is 0 Å². The first-order valence-corrected chi connectivity index (χ1v) is 12.0. The van der Waals surface area contributed by atoms with Crippen LogP contribution in [0.25, 0.3) is 21.8 Å². The molecule has 0 aliphatic carbocycles. The van der Waals surface area contributed by atoms with Gasteiger partial charge in [-0.05, 0) is 42.7 Å². The number of nitrogens with zero attached hydrogens (tertiary/aromatic N) is 4. The second kappa shape index (κ2) is 9.42. The van der Waals surface area contributed by atoms with E-state index in [0.29, 0.717) is 28.7 Å². The van der Waals surface area contributed by atoms with Gasteiger partial charge in [0.2, 0.25) is 5.91 Å². The lowest BCUT2D eigenvalue weighted by Crippen LogP contribution is -2.39. The molecule has 4 rings (SSSR count). The maximum absolute atomic E-state index is 13.0. The number of fused-ring (bicyclic) bond motifs is 2. The van der Waals surface area contributed by atoms with Gasteiger partial charge in [-0.15, -0.1) is 0 Å². The number of carbonyl (C=O) groups is 1. The Hall–Kier alpha value is -3.46. The van der Waals surface area contributed by atoms with Crippen LogP contribution in [-0.2, 0) is 18.4 Å². The Kier molecular flexibility index (Phi) is 6.56. The van der Waals surface area contributed by atoms with Gasteiger partial charge >= 0.3 is 5.69 Å². The quantitative estimate of drug-likeness (QED) is 0.336. The van der Waals surface area contributed by atoms with Crippen LogP contribution in [0.15, 0.2) is 57.1 Å². The van der Waals surface area contributed by atoms with E-state index in [-0.39, 0.29) is 17.2 Å². The topological polar surface area (TPSA) is 98.9 Å². The fourth-order valence-corrected chi connectivity index (χ4v) is 4.77. The summed E-state index contributed by atoms with van der Waals surface area (Å²) in [6.45, 7) is 7.88. The number of anilines is 1. The first kappa shape index (κ1) is 23.7. The van der Waals surface area contributed by atoms with Gasteiger partial charge in [0, 0.05) is 19.3 Å². The maximum atomic E-state index is 13.0. The minimum Gasteiger partial charge on any atom is -0.325 e. The molecule has 0 fully saturated rings. The zero-order valence-electron chi connectivity index (χ0n) is 19.8. The highest BCUT2D eigenvalue weighted by atomic mass is 32.2. The molecule has 34 heavy (non-hydrogen) atoms. The first-order chi connectivity index (χ1) is 16.2. The largest absolute Gasteiger partial charge is 0.332 e. The van der Waals surface area contributed by atoms with Gasteiger partial charge in [-0.1, -0.05) is 55.9 Å². The molecule has 0 saturated heterocycles. The Morgan fingerprint density at radius 1 is 1.06 bits per heavy atom. The van der Waals surface area contributed by atoms with Crippen molar-refractivity contribution in [3.63, 3.8) is 0 Å². The van der Waals surface area contributed by atoms with E-state index in [1.807, 2.05) is 56.3 Å². The van der Waals surface area contributed by atoms with E-state index in [9.17, 15) is 14.4 Å². The highest BCUT2D eigenvalue weighted by Gasteiger charge is 2.22. The lowest BCUT2D eigenvalue weighted by molar-refractivity contribution is -0.115. The van der Waals surface area contributed by atoms with E-state index in [4.69, 9.17) is 0 Å². The van der Waals surface area contributed by atoms with Gasteiger partial charge in [-0.3, -0.25) is 18.7 Å². The maximum Gasteiger partial charge on any atom is 0.332 e. The van der Waals surface area contributed by atoms with E-state index < -0.39 is 16.5 Å². The Labute approximate surface area is 201 Å². The Bertz CT molecular complexity index is 1520. The predicted molar refractivity (Wildman–Crippen MR) is 137 cm³/mol. The summed E-state index contributed by atoms with van der Waals surface area (Å²) in [5, 5.41) is 5.17. The van der Waals surface area contributed by atoms with Crippen molar-refractivity contribution in [3.8, 4) is 0 Å². The molecular formula is C25H27N5O3S. The van der Waals surface area contributed by atoms with Gasteiger partial charge in [0.25, 0.3) is 5.56 Å². The van der Waals surface area contributed by atoms with Crippen molar-refractivity contribution in [3.05, 3.63) is 69.1 Å². The Balaban J connectivity index is 1.69. The molecule has 0 unspecified atom stereocenters. The zero-order valence-corrected chi connectivity index (χ0v) is 20.6. The fourth-order valence-electron chi connectivity index (χ4n) is 3.79. The fraction of sp³-hybridized carbons (Fsp3) is 0.320. The summed E-state index contributed by atoms with van der Waals surface area (Å²) in [5.41, 5.74) is 0.118. The summed E-state index contributed by atoms with van der Waals surface area (Å²) in [5.74, 6) is 0.399. The molecule has 0 aliphatic heterocycles. The number of aromatic nitrogens is 4. The van der Waals surface area contributed by atoms with Crippen molar-refractivity contribution < 1.29 is 4.79 Å². The van der Waals surface area contributed by atoms with Crippen molar-refractivity contribution >= 4 is 45.2 Å². The molecule has 1 N–H and O–H groups in total. The molecule has 0 radical (unpaired) electrons. The average Bonchev–Trinajstić information content (AvgIpc) is 2.79. The number of benzene rings is 2. The highest BCUT2D eigenvalue weighted by molar-refractivity contribution is 8.00. The van der Waals surface area contributed by atoms with Crippen LogP contribution < -0.4 is 16.6 Å². The standard InChI is InChI=1S/C25H27N5O3S/c1-14(2)13-30-21-20(24(32)29(5)25(30)33)23(27-16(4)26-21)34-15(3)22(31)28-19-11-10-17-8-6-7-9-18(17)12-19/h6-12,14-15H,13H2,1-5H3,(H,28,31)/t15-/m0/s1. The monoisotopic (exact) mass is 477 g/mol. The summed E-state index contributed by atoms with van der Waals surface area (Å²) in [4.78, 5) is 47.7. The molecule has 8 nitrogen and oxygen atoms in total. The summed E-state index contributed by atoms with van der Waals surface area (Å²) in [6, 6.07) is 13.7. The third kappa shape index (κ3) is 4.61. The van der Waals surface area contributed by atoms with Crippen LogP contribution in [0.1, 0.15) is 26.6 Å². The van der Waals surface area contributed by atoms with Crippen LogP contribution in [-0.4, -0.2) is 30.3 Å². The number of hydrogen-bond donors (Lipinski definition) is 1. The molecule has 0 aliphatic rings. The molecule has 1 atom stereocenters. The lowest BCUT2D eigenvalue weighted by atomic mass is 10.1. The first-order valence-electron chi connectivity index (χ1n) is 11.1. The number of hydrogen-bond acceptors (Lipinski definition) is 6. The number of nitrogens with one attached hydrogen (secondary N) is 1. The minimum absolute atomic E-state index is 0.177. The molecule has 0 saturated carbocycles. The van der Waals surface area contributed by atoms with Crippen LogP contribution in [0.2, 0.25) is 0 Å². The van der Waals surface area contributed by atoms with Gasteiger partial charge in [-0.2, -0.15) is 0 Å². The molecule has 0 spiro atoms. The predicted octanol–water partition coefficient (Wildman–Crippen LogP) is 3.73. The number of carbonyl (C=O) groups excluding carboxylic acids is 1. The number of thioether (sulfide) groups is 1. The van der Waals surface area contributed by atoms with Gasteiger partial charge in [0.05, 0.1) is 5.25 Å². The van der Waals surface area contributed by atoms with Crippen LogP contribution in [0.3, 0.4) is 0 Å². The van der Waals surface area contributed by atoms with Crippen molar-refractivity contribution in [1.29, 1.82) is 0 Å². The van der Waals surface area contributed by atoms with Crippen molar-refractivity contribution in [1.82, 2.24) is 19.1 Å². The normalized spacial score (nSPS) is 12.4. The third-order valence-corrected chi connectivity index (χ3v) is 6.57. The average molecular weight is 478 g/mol. The van der Waals surface area contributed by atoms with Crippen molar-refractivity contribution in [2.75, 3.05) is 5.32 Å². The van der Waals surface area contributed by atoms with Gasteiger partial charge in [-0.25, -0.2) is 14.8 Å². The van der Waals surface area contributed by atoms with E-state index in [2.05, 4.69) is 15.3 Å². The molecule has 2 heterocycles. The highest BCUT2D eigenvalue weighted by Crippen LogP contribution is 2.28. The van der Waals surface area contributed by atoms with Gasteiger partial charge < -0.3 is 5.32 Å². The summed E-state index contributed by atoms with van der Waals surface area (Å²) in [6.07, 6.45) is 0. The molecule has 4 aromatic rings. The molecule has 0 bridgehead atoms. The van der Waals surface area contributed by atoms with Crippen molar-refractivity contribution in [2.24, 2.45) is 13.0 Å². The zero-order chi connectivity index (χ0) is 24.6. The van der Waals surface area contributed by atoms with Gasteiger partial charge in [0.15, 0.2) is 5.65 Å². The number of amides is 1. The molecular weight excluding hydrogens is 450 g/mol. The smallest absolute Gasteiger partial charge is 0.325 e. The van der Waals surface area contributed by atoms with E-state index in [1.165, 1.54) is 23.4 Å². The van der Waals surface area contributed by atoms with Crippen LogP contribution >= 0.6 is 11.8 Å². The van der Waals surface area contributed by atoms with Crippen LogP contribution in [0, 0.1) is 12.8 Å². The number of rotatable bonds is 6. The minimum atomic E-state index is -0.542. The van der Waals surface area contributed by atoms with E-state index >= 15 is 0 Å². The van der Waals surface area contributed by atoms with Crippen LogP contribution in [0.4, 0.5) is 5.69 Å². The second-order valence-electron chi connectivity index (χ2n) is 8.74. The molecule has 176 valence electrons. The summed E-state index contributed by atoms with van der Waals surface area (Å²) in [7, 11) is 1.45. The lowest BCUT2D eigenvalue weighted by Gasteiger charge is -2.17. The molecule has 2 aromatic carbocycles.